The minimum absolute atomic E-state index is 0.0600. The van der Waals surface area contributed by atoms with Gasteiger partial charge in [0.1, 0.15) is 23.8 Å². The van der Waals surface area contributed by atoms with Crippen LogP contribution >= 0.6 is 11.3 Å². The first kappa shape index (κ1) is 15.8. The van der Waals surface area contributed by atoms with Crippen LogP contribution in [0, 0.1) is 10.1 Å². The first-order valence-corrected chi connectivity index (χ1v) is 7.91. The maximum absolute atomic E-state index is 12.3. The van der Waals surface area contributed by atoms with Crippen molar-refractivity contribution in [2.24, 2.45) is 0 Å². The maximum atomic E-state index is 12.3. The zero-order valence-electron chi connectivity index (χ0n) is 12.4. The van der Waals surface area contributed by atoms with Crippen molar-refractivity contribution in [2.45, 2.75) is 12.6 Å². The molecule has 0 radical (unpaired) electrons. The number of carbonyl (C=O) groups is 1. The molecule has 1 atom stereocenters. The van der Waals surface area contributed by atoms with Gasteiger partial charge in [-0.05, 0) is 15.5 Å². The van der Waals surface area contributed by atoms with Gasteiger partial charge in [-0.15, -0.1) is 11.3 Å². The van der Waals surface area contributed by atoms with Gasteiger partial charge in [-0.25, -0.2) is 4.98 Å². The lowest BCUT2D eigenvalue weighted by molar-refractivity contribution is -0.389. The number of nitro groups is 1. The van der Waals surface area contributed by atoms with Crippen molar-refractivity contribution < 1.29 is 9.72 Å². The Hall–Kier alpha value is -3.07. The molecule has 0 spiro atoms. The van der Waals surface area contributed by atoms with E-state index in [1.807, 2.05) is 35.7 Å². The van der Waals surface area contributed by atoms with Gasteiger partial charge in [-0.3, -0.25) is 4.79 Å². The van der Waals surface area contributed by atoms with Crippen LogP contribution in [-0.4, -0.2) is 25.4 Å². The predicted octanol–water partition coefficient (Wildman–Crippen LogP) is 2.15. The minimum Gasteiger partial charge on any atom is -0.358 e. The van der Waals surface area contributed by atoms with Gasteiger partial charge in [0.2, 0.25) is 12.2 Å². The number of hydrogen-bond acceptors (Lipinski definition) is 6. The third-order valence-electron chi connectivity index (χ3n) is 3.27. The molecule has 0 bridgehead atoms. The quantitative estimate of drug-likeness (QED) is 0.546. The number of hydrogen-bond donors (Lipinski definition) is 1. The second-order valence-corrected chi connectivity index (χ2v) is 5.87. The molecule has 1 N–H and O–H groups in total. The van der Waals surface area contributed by atoms with Gasteiger partial charge in [0, 0.05) is 11.6 Å². The highest BCUT2D eigenvalue weighted by atomic mass is 32.1. The molecule has 0 saturated carbocycles. The van der Waals surface area contributed by atoms with E-state index in [1.54, 1.807) is 6.20 Å². The standard InChI is InChI=1S/C15H13N5O3S/c21-13(9-19-8-12(17-10-19)20(22)23)18-14(15-16-6-7-24-15)11-4-2-1-3-5-11/h1-8,10,14H,9H2,(H,18,21)/t14-/m0/s1. The van der Waals surface area contributed by atoms with Crippen LogP contribution < -0.4 is 5.32 Å². The lowest BCUT2D eigenvalue weighted by atomic mass is 10.1. The van der Waals surface area contributed by atoms with E-state index in [0.717, 1.165) is 10.6 Å². The van der Waals surface area contributed by atoms with Crippen LogP contribution in [0.5, 0.6) is 0 Å². The average molecular weight is 343 g/mol. The summed E-state index contributed by atoms with van der Waals surface area (Å²) in [4.78, 5) is 30.3. The van der Waals surface area contributed by atoms with Crippen LogP contribution in [0.3, 0.4) is 0 Å². The molecule has 0 fully saturated rings. The van der Waals surface area contributed by atoms with Crippen molar-refractivity contribution in [1.82, 2.24) is 19.9 Å². The molecule has 2 aromatic heterocycles. The second kappa shape index (κ2) is 7.01. The Morgan fingerprint density at radius 1 is 1.33 bits per heavy atom. The van der Waals surface area contributed by atoms with Crippen LogP contribution in [0.15, 0.2) is 54.4 Å². The van der Waals surface area contributed by atoms with Gasteiger partial charge >= 0.3 is 5.82 Å². The van der Waals surface area contributed by atoms with E-state index < -0.39 is 4.92 Å². The summed E-state index contributed by atoms with van der Waals surface area (Å²) < 4.78 is 1.37. The minimum atomic E-state index is -0.600. The monoisotopic (exact) mass is 343 g/mol. The van der Waals surface area contributed by atoms with Crippen LogP contribution in [0.25, 0.3) is 0 Å². The summed E-state index contributed by atoms with van der Waals surface area (Å²) in [5.74, 6) is -0.575. The number of nitrogens with one attached hydrogen (secondary N) is 1. The van der Waals surface area contributed by atoms with Gasteiger partial charge < -0.3 is 20.0 Å². The Balaban J connectivity index is 1.75. The summed E-state index contributed by atoms with van der Waals surface area (Å²) in [5, 5.41) is 16.2. The van der Waals surface area contributed by atoms with Crippen molar-refractivity contribution in [3.05, 3.63) is 75.1 Å². The van der Waals surface area contributed by atoms with E-state index in [4.69, 9.17) is 0 Å². The van der Waals surface area contributed by atoms with Crippen molar-refractivity contribution in [2.75, 3.05) is 0 Å². The summed E-state index contributed by atoms with van der Waals surface area (Å²) in [7, 11) is 0. The summed E-state index contributed by atoms with van der Waals surface area (Å²) in [5.41, 5.74) is 0.914. The van der Waals surface area contributed by atoms with E-state index in [2.05, 4.69) is 15.3 Å². The molecule has 0 saturated heterocycles. The van der Waals surface area contributed by atoms with Crippen LogP contribution in [-0.2, 0) is 11.3 Å². The summed E-state index contributed by atoms with van der Waals surface area (Å²) in [6, 6.07) is 9.14. The lowest BCUT2D eigenvalue weighted by Crippen LogP contribution is -2.31. The summed E-state index contributed by atoms with van der Waals surface area (Å²) >= 11 is 1.45. The molecule has 3 aromatic rings. The number of benzene rings is 1. The van der Waals surface area contributed by atoms with Crippen LogP contribution in [0.4, 0.5) is 5.82 Å². The molecule has 24 heavy (non-hydrogen) atoms. The third kappa shape index (κ3) is 3.63. The zero-order valence-corrected chi connectivity index (χ0v) is 13.2. The number of thiazole rings is 1. The van der Waals surface area contributed by atoms with Gasteiger partial charge in [0.25, 0.3) is 0 Å². The molecule has 1 amide bonds. The Kier molecular flexibility index (Phi) is 4.62. The molecule has 9 heteroatoms. The first-order chi connectivity index (χ1) is 11.6. The molecule has 0 aliphatic carbocycles. The molecule has 3 rings (SSSR count). The Morgan fingerprint density at radius 3 is 2.75 bits per heavy atom. The van der Waals surface area contributed by atoms with Gasteiger partial charge in [-0.2, -0.15) is 0 Å². The van der Waals surface area contributed by atoms with Gasteiger partial charge in [-0.1, -0.05) is 30.3 Å². The van der Waals surface area contributed by atoms with Gasteiger partial charge in [0.15, 0.2) is 0 Å². The van der Waals surface area contributed by atoms with Gasteiger partial charge in [0.05, 0.1) is 0 Å². The molecule has 0 unspecified atom stereocenters. The second-order valence-electron chi connectivity index (χ2n) is 4.94. The number of aromatic nitrogens is 3. The fourth-order valence-electron chi connectivity index (χ4n) is 2.21. The fraction of sp³-hybridized carbons (Fsp3) is 0.133. The molecule has 0 aliphatic rings. The van der Waals surface area contributed by atoms with E-state index in [9.17, 15) is 14.9 Å². The highest BCUT2D eigenvalue weighted by Gasteiger charge is 2.20. The average Bonchev–Trinajstić information content (AvgIpc) is 3.25. The van der Waals surface area contributed by atoms with Crippen LogP contribution in [0.2, 0.25) is 0 Å². The molecule has 0 aliphatic heterocycles. The van der Waals surface area contributed by atoms with Crippen molar-refractivity contribution in [3.63, 3.8) is 0 Å². The number of imidazole rings is 1. The number of rotatable bonds is 6. The highest BCUT2D eigenvalue weighted by Crippen LogP contribution is 2.23. The zero-order chi connectivity index (χ0) is 16.9. The predicted molar refractivity (Wildman–Crippen MR) is 87.4 cm³/mol. The first-order valence-electron chi connectivity index (χ1n) is 7.03. The molecular weight excluding hydrogens is 330 g/mol. The fourth-order valence-corrected chi connectivity index (χ4v) is 2.93. The molecule has 1 aromatic carbocycles. The molecular formula is C15H13N5O3S. The molecule has 8 nitrogen and oxygen atoms in total. The van der Waals surface area contributed by atoms with Crippen molar-refractivity contribution in [1.29, 1.82) is 0 Å². The van der Waals surface area contributed by atoms with Crippen molar-refractivity contribution in [3.8, 4) is 0 Å². The van der Waals surface area contributed by atoms with Crippen molar-refractivity contribution >= 4 is 23.1 Å². The Labute approximate surface area is 141 Å². The SMILES string of the molecule is O=C(Cn1cnc([N+](=O)[O-])c1)N[C@@H](c1ccccc1)c1nccs1. The summed E-state index contributed by atoms with van der Waals surface area (Å²) in [6.07, 6.45) is 4.17. The lowest BCUT2D eigenvalue weighted by Gasteiger charge is -2.17. The topological polar surface area (TPSA) is 103 Å². The summed E-state index contributed by atoms with van der Waals surface area (Å²) in [6.45, 7) is -0.0600. The molecule has 2 heterocycles. The van der Waals surface area contributed by atoms with Crippen LogP contribution in [0.1, 0.15) is 16.6 Å². The Morgan fingerprint density at radius 2 is 2.12 bits per heavy atom. The number of amides is 1. The normalized spacial score (nSPS) is 11.8. The largest absolute Gasteiger partial charge is 0.381 e. The number of nitrogens with zero attached hydrogens (tertiary/aromatic N) is 4. The number of carbonyl (C=O) groups excluding carboxylic acids is 1. The Bertz CT molecular complexity index is 832. The highest BCUT2D eigenvalue weighted by molar-refractivity contribution is 7.09. The maximum Gasteiger partial charge on any atom is 0.381 e. The van der Waals surface area contributed by atoms with E-state index >= 15 is 0 Å². The van der Waals surface area contributed by atoms with E-state index in [0.29, 0.717) is 0 Å². The third-order valence-corrected chi connectivity index (χ3v) is 4.11. The van der Waals surface area contributed by atoms with E-state index in [1.165, 1.54) is 28.4 Å². The molecule has 122 valence electrons. The smallest absolute Gasteiger partial charge is 0.358 e. The van der Waals surface area contributed by atoms with E-state index in [-0.39, 0.29) is 24.3 Å².